The Kier molecular flexibility index (Phi) is 5.20. The molecule has 90 valence electrons. The Labute approximate surface area is 95.5 Å². The molecule has 0 saturated heterocycles. The molecule has 0 saturated carbocycles. The molecule has 0 N–H and O–H groups in total. The second kappa shape index (κ2) is 5.26. The predicted octanol–water partition coefficient (Wildman–Crippen LogP) is 3.62. The number of rotatable bonds is 5. The van der Waals surface area contributed by atoms with Crippen LogP contribution < -0.4 is 0 Å². The van der Waals surface area contributed by atoms with Gasteiger partial charge in [-0.3, -0.25) is 0 Å². The van der Waals surface area contributed by atoms with Crippen molar-refractivity contribution in [2.45, 2.75) is 65.3 Å². The Bertz CT molecular complexity index is 206. The van der Waals surface area contributed by atoms with E-state index in [0.29, 0.717) is 0 Å². The van der Waals surface area contributed by atoms with Crippen molar-refractivity contribution in [1.82, 2.24) is 0 Å². The Morgan fingerprint density at radius 1 is 1.33 bits per heavy atom. The lowest BCUT2D eigenvalue weighted by molar-refractivity contribution is -0.113. The highest BCUT2D eigenvalue weighted by Crippen LogP contribution is 2.38. The van der Waals surface area contributed by atoms with E-state index in [-0.39, 0.29) is 17.1 Å². The van der Waals surface area contributed by atoms with Gasteiger partial charge in [-0.1, -0.05) is 34.6 Å². The molecule has 0 aliphatic heterocycles. The van der Waals surface area contributed by atoms with Crippen LogP contribution in [0.5, 0.6) is 0 Å². The lowest BCUT2D eigenvalue weighted by Crippen LogP contribution is -2.45. The maximum atomic E-state index is 10.8. The van der Waals surface area contributed by atoms with Crippen molar-refractivity contribution in [1.29, 1.82) is 0 Å². The fraction of sp³-hybridized carbons (Fsp3) is 0.917. The Morgan fingerprint density at radius 3 is 2.07 bits per heavy atom. The van der Waals surface area contributed by atoms with E-state index in [4.69, 9.17) is 4.43 Å². The molecule has 0 aromatic heterocycles. The van der Waals surface area contributed by atoms with E-state index >= 15 is 0 Å². The summed E-state index contributed by atoms with van der Waals surface area (Å²) in [5.41, 5.74) is 0. The number of hydrogen-bond acceptors (Lipinski definition) is 2. The smallest absolute Gasteiger partial charge is 0.192 e. The first-order chi connectivity index (χ1) is 6.65. The molecule has 0 unspecified atom stereocenters. The van der Waals surface area contributed by atoms with Crippen LogP contribution in [0.1, 0.15) is 41.0 Å². The molecule has 0 aliphatic rings. The lowest BCUT2D eigenvalue weighted by atomic mass is 10.1. The lowest BCUT2D eigenvalue weighted by Gasteiger charge is -2.40. The van der Waals surface area contributed by atoms with Gasteiger partial charge < -0.3 is 9.22 Å². The fourth-order valence-electron chi connectivity index (χ4n) is 1.21. The average Bonchev–Trinajstić information content (AvgIpc) is 2.11. The van der Waals surface area contributed by atoms with Crippen molar-refractivity contribution in [2.75, 3.05) is 0 Å². The van der Waals surface area contributed by atoms with Crippen molar-refractivity contribution in [3.63, 3.8) is 0 Å². The zero-order valence-corrected chi connectivity index (χ0v) is 12.3. The minimum absolute atomic E-state index is 0.00382. The molecule has 0 aliphatic carbocycles. The molecule has 0 amide bonds. The number of hydrogen-bond donors (Lipinski definition) is 0. The van der Waals surface area contributed by atoms with E-state index in [9.17, 15) is 4.79 Å². The third-order valence-corrected chi connectivity index (χ3v) is 7.96. The van der Waals surface area contributed by atoms with Crippen molar-refractivity contribution in [3.05, 3.63) is 0 Å². The van der Waals surface area contributed by atoms with Gasteiger partial charge in [-0.05, 0) is 24.6 Å². The van der Waals surface area contributed by atoms with Crippen LogP contribution in [-0.2, 0) is 9.22 Å². The predicted molar refractivity (Wildman–Crippen MR) is 67.6 cm³/mol. The molecular formula is C12H26O2Si. The van der Waals surface area contributed by atoms with Gasteiger partial charge in [0.25, 0.3) is 0 Å². The van der Waals surface area contributed by atoms with Crippen LogP contribution in [0.15, 0.2) is 0 Å². The summed E-state index contributed by atoms with van der Waals surface area (Å²) in [6.07, 6.45) is 2.00. The first-order valence-electron chi connectivity index (χ1n) is 5.78. The monoisotopic (exact) mass is 230 g/mol. The SMILES string of the molecule is CC[C@@H](O[Si](C)(C)C(C)(C)C)[C@@H](C)C=O. The van der Waals surface area contributed by atoms with Crippen molar-refractivity contribution in [2.24, 2.45) is 5.92 Å². The van der Waals surface area contributed by atoms with Gasteiger partial charge in [-0.15, -0.1) is 0 Å². The van der Waals surface area contributed by atoms with Crippen LogP contribution in [0.25, 0.3) is 0 Å². The highest BCUT2D eigenvalue weighted by atomic mass is 28.4. The van der Waals surface area contributed by atoms with Crippen LogP contribution in [0.4, 0.5) is 0 Å². The van der Waals surface area contributed by atoms with Gasteiger partial charge in [-0.25, -0.2) is 0 Å². The number of carbonyl (C=O) groups is 1. The summed E-state index contributed by atoms with van der Waals surface area (Å²) in [6.45, 7) is 15.1. The van der Waals surface area contributed by atoms with Crippen molar-refractivity contribution in [3.8, 4) is 0 Å². The van der Waals surface area contributed by atoms with E-state index in [0.717, 1.165) is 12.7 Å². The van der Waals surface area contributed by atoms with Gasteiger partial charge in [-0.2, -0.15) is 0 Å². The maximum absolute atomic E-state index is 10.8. The molecule has 15 heavy (non-hydrogen) atoms. The molecule has 2 nitrogen and oxygen atoms in total. The van der Waals surface area contributed by atoms with Gasteiger partial charge >= 0.3 is 0 Å². The third kappa shape index (κ3) is 4.07. The summed E-state index contributed by atoms with van der Waals surface area (Å²) in [7, 11) is -1.73. The highest BCUT2D eigenvalue weighted by molar-refractivity contribution is 6.74. The average molecular weight is 230 g/mol. The molecule has 0 fully saturated rings. The standard InChI is InChI=1S/C12H26O2Si/c1-8-11(10(2)9-13)14-15(6,7)12(3,4)5/h9-11H,8H2,1-7H3/t10-,11+/m0/s1. The summed E-state index contributed by atoms with van der Waals surface area (Å²) < 4.78 is 6.21. The topological polar surface area (TPSA) is 26.3 Å². The number of carbonyl (C=O) groups excluding carboxylic acids is 1. The fourth-order valence-corrected chi connectivity index (χ4v) is 2.70. The Morgan fingerprint density at radius 2 is 1.80 bits per heavy atom. The highest BCUT2D eigenvalue weighted by Gasteiger charge is 2.39. The second-order valence-corrected chi connectivity index (χ2v) is 10.6. The summed E-state index contributed by atoms with van der Waals surface area (Å²) in [5.74, 6) is 0.00382. The van der Waals surface area contributed by atoms with Gasteiger partial charge in [0.2, 0.25) is 0 Å². The Balaban J connectivity index is 4.61. The van der Waals surface area contributed by atoms with E-state index in [2.05, 4.69) is 40.8 Å². The maximum Gasteiger partial charge on any atom is 0.192 e. The molecule has 0 rings (SSSR count). The van der Waals surface area contributed by atoms with Crippen molar-refractivity contribution < 1.29 is 9.22 Å². The summed E-state index contributed by atoms with van der Waals surface area (Å²) >= 11 is 0. The van der Waals surface area contributed by atoms with Gasteiger partial charge in [0.15, 0.2) is 8.32 Å². The van der Waals surface area contributed by atoms with Crippen LogP contribution in [0, 0.1) is 5.92 Å². The summed E-state index contributed by atoms with van der Waals surface area (Å²) in [5, 5.41) is 0.211. The zero-order chi connectivity index (χ0) is 12.3. The van der Waals surface area contributed by atoms with E-state index < -0.39 is 8.32 Å². The van der Waals surface area contributed by atoms with Gasteiger partial charge in [0.05, 0.1) is 6.10 Å². The molecule has 0 aromatic carbocycles. The first kappa shape index (κ1) is 14.8. The van der Waals surface area contributed by atoms with E-state index in [1.807, 2.05) is 6.92 Å². The molecule has 0 heterocycles. The normalized spacial score (nSPS) is 17.3. The van der Waals surface area contributed by atoms with Crippen LogP contribution in [0.3, 0.4) is 0 Å². The van der Waals surface area contributed by atoms with Crippen molar-refractivity contribution >= 4 is 14.6 Å². The molecular weight excluding hydrogens is 204 g/mol. The Hall–Kier alpha value is -0.153. The molecule has 0 spiro atoms. The summed E-state index contributed by atoms with van der Waals surface area (Å²) in [6, 6.07) is 0. The second-order valence-electron chi connectivity index (χ2n) is 5.82. The van der Waals surface area contributed by atoms with E-state index in [1.54, 1.807) is 0 Å². The minimum atomic E-state index is -1.73. The molecule has 0 aromatic rings. The molecule has 3 heteroatoms. The first-order valence-corrected chi connectivity index (χ1v) is 8.69. The van der Waals surface area contributed by atoms with Gasteiger partial charge in [0.1, 0.15) is 6.29 Å². The zero-order valence-electron chi connectivity index (χ0n) is 11.3. The van der Waals surface area contributed by atoms with Crippen LogP contribution in [0.2, 0.25) is 18.1 Å². The quantitative estimate of drug-likeness (QED) is 0.532. The number of aldehydes is 1. The van der Waals surface area contributed by atoms with Crippen LogP contribution in [-0.4, -0.2) is 20.7 Å². The molecule has 2 atom stereocenters. The summed E-state index contributed by atoms with van der Waals surface area (Å²) in [4.78, 5) is 10.8. The molecule has 0 bridgehead atoms. The third-order valence-electron chi connectivity index (χ3n) is 3.46. The minimum Gasteiger partial charge on any atom is -0.413 e. The van der Waals surface area contributed by atoms with E-state index in [1.165, 1.54) is 0 Å². The molecule has 0 radical (unpaired) electrons. The van der Waals surface area contributed by atoms with Gasteiger partial charge in [0, 0.05) is 5.92 Å². The largest absolute Gasteiger partial charge is 0.413 e. The van der Waals surface area contributed by atoms with Crippen LogP contribution >= 0.6 is 0 Å².